The zero-order valence-electron chi connectivity index (χ0n) is 17.3. The van der Waals surface area contributed by atoms with Crippen LogP contribution < -0.4 is 10.2 Å². The summed E-state index contributed by atoms with van der Waals surface area (Å²) in [4.78, 5) is 12.3. The highest BCUT2D eigenvalue weighted by molar-refractivity contribution is 5.97. The maximum Gasteiger partial charge on any atom is 0.275 e. The quantitative estimate of drug-likeness (QED) is 0.235. The third-order valence-corrected chi connectivity index (χ3v) is 4.77. The highest BCUT2D eigenvalue weighted by Crippen LogP contribution is 2.28. The third-order valence-electron chi connectivity index (χ3n) is 4.77. The lowest BCUT2D eigenvalue weighted by Crippen LogP contribution is -2.18. The number of nitrogens with zero attached hydrogens (tertiary/aromatic N) is 3. The minimum atomic E-state index is -0.426. The first-order valence-corrected chi connectivity index (χ1v) is 9.84. The average molecular weight is 424 g/mol. The molecule has 7 nitrogen and oxygen atoms in total. The number of benzene rings is 4. The lowest BCUT2D eigenvalue weighted by atomic mass is 10.1. The predicted octanol–water partition coefficient (Wildman–Crippen LogP) is 5.73. The van der Waals surface area contributed by atoms with Crippen molar-refractivity contribution >= 4 is 34.3 Å². The summed E-state index contributed by atoms with van der Waals surface area (Å²) >= 11 is 0. The average Bonchev–Trinajstić information content (AvgIpc) is 2.84. The molecule has 0 fully saturated rings. The SMILES string of the molecule is COc1ccccc1C(=O)NN=Cc1cc(N=Nc2cccc3ccccc23)ccc1O. The van der Waals surface area contributed by atoms with E-state index in [4.69, 9.17) is 4.74 Å². The number of rotatable bonds is 6. The first-order valence-electron chi connectivity index (χ1n) is 9.84. The molecule has 0 saturated carbocycles. The number of hydrogen-bond acceptors (Lipinski definition) is 6. The van der Waals surface area contributed by atoms with E-state index in [0.29, 0.717) is 22.6 Å². The Bertz CT molecular complexity index is 1330. The fourth-order valence-electron chi connectivity index (χ4n) is 3.17. The van der Waals surface area contributed by atoms with E-state index in [2.05, 4.69) is 20.8 Å². The summed E-state index contributed by atoms with van der Waals surface area (Å²) in [6.45, 7) is 0. The minimum absolute atomic E-state index is 0.00408. The van der Waals surface area contributed by atoms with Gasteiger partial charge in [0, 0.05) is 10.9 Å². The number of nitrogens with one attached hydrogen (secondary N) is 1. The Morgan fingerprint density at radius 3 is 2.59 bits per heavy atom. The zero-order chi connectivity index (χ0) is 22.3. The Labute approximate surface area is 184 Å². The van der Waals surface area contributed by atoms with Crippen LogP contribution in [0.25, 0.3) is 10.8 Å². The molecular weight excluding hydrogens is 404 g/mol. The number of azo groups is 1. The van der Waals surface area contributed by atoms with E-state index in [9.17, 15) is 9.90 Å². The zero-order valence-corrected chi connectivity index (χ0v) is 17.3. The van der Waals surface area contributed by atoms with Gasteiger partial charge in [-0.15, -0.1) is 5.11 Å². The van der Waals surface area contributed by atoms with Gasteiger partial charge < -0.3 is 9.84 Å². The molecular formula is C25H20N4O3. The molecule has 2 N–H and O–H groups in total. The number of fused-ring (bicyclic) bond motifs is 1. The van der Waals surface area contributed by atoms with Gasteiger partial charge in [0.25, 0.3) is 5.91 Å². The predicted molar refractivity (Wildman–Crippen MR) is 124 cm³/mol. The maximum absolute atomic E-state index is 12.3. The van der Waals surface area contributed by atoms with Crippen LogP contribution in [0.2, 0.25) is 0 Å². The van der Waals surface area contributed by atoms with Gasteiger partial charge >= 0.3 is 0 Å². The standard InChI is InChI=1S/C25H20N4O3/c1-32-24-12-5-4-10-21(24)25(31)29-26-16-18-15-19(13-14-23(18)30)27-28-22-11-6-8-17-7-2-3-9-20(17)22/h2-16,30H,1H3,(H,29,31). The lowest BCUT2D eigenvalue weighted by molar-refractivity contribution is 0.0952. The molecule has 0 aromatic heterocycles. The molecule has 0 aliphatic heterocycles. The van der Waals surface area contributed by atoms with Crippen molar-refractivity contribution in [3.05, 3.63) is 96.1 Å². The van der Waals surface area contributed by atoms with Crippen LogP contribution in [0.15, 0.2) is 100 Å². The molecule has 4 aromatic carbocycles. The molecule has 0 heterocycles. The van der Waals surface area contributed by atoms with Gasteiger partial charge in [0.1, 0.15) is 11.5 Å². The molecule has 0 atom stereocenters. The van der Waals surface area contributed by atoms with Crippen LogP contribution in [0.5, 0.6) is 11.5 Å². The van der Waals surface area contributed by atoms with E-state index in [1.807, 2.05) is 42.5 Å². The van der Waals surface area contributed by atoms with E-state index in [1.54, 1.807) is 36.4 Å². The molecule has 0 saturated heterocycles. The second-order valence-corrected chi connectivity index (χ2v) is 6.84. The van der Waals surface area contributed by atoms with Gasteiger partial charge in [0.15, 0.2) is 0 Å². The van der Waals surface area contributed by atoms with Gasteiger partial charge in [-0.25, -0.2) is 5.43 Å². The van der Waals surface area contributed by atoms with Crippen LogP contribution in [0.4, 0.5) is 11.4 Å². The van der Waals surface area contributed by atoms with Crippen molar-refractivity contribution in [2.75, 3.05) is 7.11 Å². The van der Waals surface area contributed by atoms with Crippen LogP contribution in [-0.2, 0) is 0 Å². The Morgan fingerprint density at radius 2 is 1.72 bits per heavy atom. The Morgan fingerprint density at radius 1 is 0.938 bits per heavy atom. The molecule has 0 unspecified atom stereocenters. The number of amides is 1. The third kappa shape index (κ3) is 4.62. The summed E-state index contributed by atoms with van der Waals surface area (Å²) in [5.74, 6) is 0.0216. The first-order chi connectivity index (χ1) is 15.7. The van der Waals surface area contributed by atoms with Crippen molar-refractivity contribution in [3.63, 3.8) is 0 Å². The molecule has 0 aliphatic rings. The molecule has 0 spiro atoms. The Kier molecular flexibility index (Phi) is 6.17. The highest BCUT2D eigenvalue weighted by Gasteiger charge is 2.10. The van der Waals surface area contributed by atoms with Gasteiger partial charge in [-0.3, -0.25) is 4.79 Å². The van der Waals surface area contributed by atoms with E-state index < -0.39 is 5.91 Å². The van der Waals surface area contributed by atoms with Crippen molar-refractivity contribution in [1.82, 2.24) is 5.43 Å². The minimum Gasteiger partial charge on any atom is -0.507 e. The van der Waals surface area contributed by atoms with Gasteiger partial charge in [0.2, 0.25) is 0 Å². The maximum atomic E-state index is 12.3. The molecule has 4 aromatic rings. The summed E-state index contributed by atoms with van der Waals surface area (Å²) < 4.78 is 5.18. The van der Waals surface area contributed by atoms with Crippen molar-refractivity contribution in [1.29, 1.82) is 0 Å². The molecule has 7 heteroatoms. The number of carbonyl (C=O) groups excluding carboxylic acids is 1. The summed E-state index contributed by atoms with van der Waals surface area (Å²) in [6, 6.07) is 25.4. The second kappa shape index (κ2) is 9.53. The van der Waals surface area contributed by atoms with Crippen LogP contribution in [0, 0.1) is 0 Å². The largest absolute Gasteiger partial charge is 0.507 e. The number of methoxy groups -OCH3 is 1. The number of carbonyl (C=O) groups is 1. The number of phenols is 1. The van der Waals surface area contributed by atoms with E-state index in [0.717, 1.165) is 16.5 Å². The molecule has 0 bridgehead atoms. The number of hydrazone groups is 1. The summed E-state index contributed by atoms with van der Waals surface area (Å²) in [7, 11) is 1.49. The smallest absolute Gasteiger partial charge is 0.275 e. The number of para-hydroxylation sites is 1. The van der Waals surface area contributed by atoms with Gasteiger partial charge in [0.05, 0.1) is 30.3 Å². The molecule has 32 heavy (non-hydrogen) atoms. The van der Waals surface area contributed by atoms with Crippen LogP contribution in [0.3, 0.4) is 0 Å². The number of phenolic OH excluding ortho intramolecular Hbond substituents is 1. The molecule has 0 radical (unpaired) electrons. The monoisotopic (exact) mass is 424 g/mol. The number of ether oxygens (including phenoxy) is 1. The van der Waals surface area contributed by atoms with Crippen molar-refractivity contribution in [2.45, 2.75) is 0 Å². The molecule has 158 valence electrons. The summed E-state index contributed by atoms with van der Waals surface area (Å²) in [5, 5.41) is 24.8. The topological polar surface area (TPSA) is 95.6 Å². The molecule has 1 amide bonds. The van der Waals surface area contributed by atoms with Crippen molar-refractivity contribution < 1.29 is 14.6 Å². The molecule has 0 aliphatic carbocycles. The second-order valence-electron chi connectivity index (χ2n) is 6.84. The van der Waals surface area contributed by atoms with Crippen LogP contribution >= 0.6 is 0 Å². The van der Waals surface area contributed by atoms with Crippen molar-refractivity contribution in [3.8, 4) is 11.5 Å². The fourth-order valence-corrected chi connectivity index (χ4v) is 3.17. The first kappa shape index (κ1) is 20.7. The fraction of sp³-hybridized carbons (Fsp3) is 0.0400. The van der Waals surface area contributed by atoms with Gasteiger partial charge in [-0.2, -0.15) is 10.2 Å². The normalized spacial score (nSPS) is 11.3. The summed E-state index contributed by atoms with van der Waals surface area (Å²) in [5.41, 5.74) is 4.46. The number of aromatic hydroxyl groups is 1. The van der Waals surface area contributed by atoms with Gasteiger partial charge in [-0.05, 0) is 41.8 Å². The number of hydrogen-bond donors (Lipinski definition) is 2. The molecule has 4 rings (SSSR count). The van der Waals surface area contributed by atoms with E-state index >= 15 is 0 Å². The Hall–Kier alpha value is -4.52. The van der Waals surface area contributed by atoms with Gasteiger partial charge in [-0.1, -0.05) is 48.5 Å². The highest BCUT2D eigenvalue weighted by atomic mass is 16.5. The van der Waals surface area contributed by atoms with Crippen LogP contribution in [0.1, 0.15) is 15.9 Å². The van der Waals surface area contributed by atoms with E-state index in [-0.39, 0.29) is 5.75 Å². The van der Waals surface area contributed by atoms with Crippen molar-refractivity contribution in [2.24, 2.45) is 15.3 Å². The Balaban J connectivity index is 1.51. The van der Waals surface area contributed by atoms with Crippen LogP contribution in [-0.4, -0.2) is 24.3 Å². The summed E-state index contributed by atoms with van der Waals surface area (Å²) in [6.07, 6.45) is 1.35. The van der Waals surface area contributed by atoms with E-state index in [1.165, 1.54) is 19.4 Å². The lowest BCUT2D eigenvalue weighted by Gasteiger charge is -2.06.